The van der Waals surface area contributed by atoms with Gasteiger partial charge in [0.05, 0.1) is 106 Å². The minimum atomic E-state index is -0.447. The molecule has 252 valence electrons. The molecule has 0 saturated carbocycles. The smallest absolute Gasteiger partial charge is 0.407 e. The van der Waals surface area contributed by atoms with E-state index in [4.69, 9.17) is 42.6 Å². The number of hydrogen-bond acceptors (Lipinski definition) is 10. The van der Waals surface area contributed by atoms with Gasteiger partial charge in [-0.15, -0.1) is 0 Å². The molecule has 45 heavy (non-hydrogen) atoms. The van der Waals surface area contributed by atoms with E-state index in [-0.39, 0.29) is 5.92 Å². The van der Waals surface area contributed by atoms with Gasteiger partial charge in [-0.1, -0.05) is 71.1 Å². The molecule has 1 amide bonds. The number of carbonyl (C=O) groups excluding carboxylic acids is 1. The van der Waals surface area contributed by atoms with Crippen molar-refractivity contribution in [2.75, 3.05) is 123 Å². The zero-order valence-electron chi connectivity index (χ0n) is 26.1. The standard InChI is InChI=1S/C33H48INO10/c34-9-11-37-13-15-39-17-19-41-21-23-43-25-26-44-24-22-42-20-18-40-16-14-38-12-10-35-33(36)45-27-32-30-7-3-1-5-28(30)29-6-2-4-8-31(29)32/h1-8,32H,9-27H2,(H,35,36). The second-order valence-corrected chi connectivity index (χ2v) is 10.9. The van der Waals surface area contributed by atoms with E-state index in [9.17, 15) is 4.79 Å². The first-order valence-electron chi connectivity index (χ1n) is 15.6. The van der Waals surface area contributed by atoms with Gasteiger partial charge >= 0.3 is 6.09 Å². The van der Waals surface area contributed by atoms with E-state index in [1.165, 1.54) is 22.3 Å². The number of fused-ring (bicyclic) bond motifs is 3. The predicted octanol–water partition coefficient (Wildman–Crippen LogP) is 4.09. The van der Waals surface area contributed by atoms with Gasteiger partial charge in [0.1, 0.15) is 6.61 Å². The van der Waals surface area contributed by atoms with Gasteiger partial charge in [-0.3, -0.25) is 0 Å². The van der Waals surface area contributed by atoms with Crippen molar-refractivity contribution in [1.29, 1.82) is 0 Å². The molecule has 0 bridgehead atoms. The maximum Gasteiger partial charge on any atom is 0.407 e. The first-order valence-corrected chi connectivity index (χ1v) is 17.1. The van der Waals surface area contributed by atoms with Crippen LogP contribution in [0.5, 0.6) is 0 Å². The maximum atomic E-state index is 12.2. The van der Waals surface area contributed by atoms with Crippen molar-refractivity contribution in [2.45, 2.75) is 5.92 Å². The van der Waals surface area contributed by atoms with E-state index in [0.29, 0.717) is 112 Å². The van der Waals surface area contributed by atoms with Crippen LogP contribution in [0.3, 0.4) is 0 Å². The highest BCUT2D eigenvalue weighted by atomic mass is 127. The summed E-state index contributed by atoms with van der Waals surface area (Å²) in [5, 5.41) is 2.74. The fraction of sp³-hybridized carbons (Fsp3) is 0.606. The topological polar surface area (TPSA) is 112 Å². The summed E-state index contributed by atoms with van der Waals surface area (Å²) in [5.74, 6) is 0.0432. The van der Waals surface area contributed by atoms with Crippen LogP contribution in [0.15, 0.2) is 48.5 Å². The number of alkyl carbamates (subject to hydrolysis) is 1. The molecule has 1 N–H and O–H groups in total. The van der Waals surface area contributed by atoms with Crippen LogP contribution >= 0.6 is 22.6 Å². The van der Waals surface area contributed by atoms with Gasteiger partial charge in [0.25, 0.3) is 0 Å². The summed E-state index contributed by atoms with van der Waals surface area (Å²) < 4.78 is 50.1. The van der Waals surface area contributed by atoms with E-state index in [0.717, 1.165) is 11.0 Å². The summed E-state index contributed by atoms with van der Waals surface area (Å²) in [4.78, 5) is 12.2. The molecular weight excluding hydrogens is 697 g/mol. The number of hydrogen-bond donors (Lipinski definition) is 1. The summed E-state index contributed by atoms with van der Waals surface area (Å²) in [6.07, 6.45) is -0.447. The Bertz CT molecular complexity index is 1000. The van der Waals surface area contributed by atoms with Crippen molar-refractivity contribution < 1.29 is 47.4 Å². The molecule has 0 saturated heterocycles. The molecule has 0 fully saturated rings. The van der Waals surface area contributed by atoms with Crippen LogP contribution < -0.4 is 5.32 Å². The Labute approximate surface area is 280 Å². The van der Waals surface area contributed by atoms with E-state index in [1.807, 2.05) is 24.3 Å². The lowest BCUT2D eigenvalue weighted by atomic mass is 9.98. The molecule has 2 aromatic rings. The first-order chi connectivity index (χ1) is 22.3. The van der Waals surface area contributed by atoms with Crippen LogP contribution in [0.2, 0.25) is 0 Å². The van der Waals surface area contributed by atoms with Crippen molar-refractivity contribution in [3.63, 3.8) is 0 Å². The molecule has 0 aliphatic heterocycles. The van der Waals surface area contributed by atoms with Crippen molar-refractivity contribution in [1.82, 2.24) is 5.32 Å². The Morgan fingerprint density at radius 3 is 1.29 bits per heavy atom. The lowest BCUT2D eigenvalue weighted by molar-refractivity contribution is -0.0227. The van der Waals surface area contributed by atoms with Crippen molar-refractivity contribution >= 4 is 28.7 Å². The molecule has 0 atom stereocenters. The van der Waals surface area contributed by atoms with Crippen molar-refractivity contribution in [3.8, 4) is 11.1 Å². The number of ether oxygens (including phenoxy) is 9. The van der Waals surface area contributed by atoms with Gasteiger partial charge < -0.3 is 47.9 Å². The van der Waals surface area contributed by atoms with Crippen molar-refractivity contribution in [2.24, 2.45) is 0 Å². The predicted molar refractivity (Wildman–Crippen MR) is 179 cm³/mol. The second-order valence-electron chi connectivity index (χ2n) is 9.84. The fourth-order valence-electron chi connectivity index (χ4n) is 4.57. The Hall–Kier alpha value is -1.88. The Morgan fingerprint density at radius 2 is 0.889 bits per heavy atom. The summed E-state index contributed by atoms with van der Waals surface area (Å²) in [6.45, 7) is 9.01. The third-order valence-electron chi connectivity index (χ3n) is 6.68. The number of alkyl halides is 1. The second kappa shape index (κ2) is 25.2. The van der Waals surface area contributed by atoms with E-state index in [1.54, 1.807) is 0 Å². The van der Waals surface area contributed by atoms with Crippen LogP contribution in [0.1, 0.15) is 17.0 Å². The van der Waals surface area contributed by atoms with E-state index in [2.05, 4.69) is 52.2 Å². The molecule has 0 aromatic heterocycles. The zero-order valence-corrected chi connectivity index (χ0v) is 28.2. The maximum absolute atomic E-state index is 12.2. The number of amides is 1. The third kappa shape index (κ3) is 16.0. The average molecular weight is 746 g/mol. The quantitative estimate of drug-likeness (QED) is 0.0777. The molecule has 11 nitrogen and oxygen atoms in total. The monoisotopic (exact) mass is 745 g/mol. The minimum Gasteiger partial charge on any atom is -0.449 e. The SMILES string of the molecule is O=C(NCCOCCOCCOCCOCCOCCOCCOCCOCCI)OCC1c2ccccc2-c2ccccc21. The van der Waals surface area contributed by atoms with Gasteiger partial charge in [0.2, 0.25) is 0 Å². The van der Waals surface area contributed by atoms with Gasteiger partial charge in [0, 0.05) is 16.9 Å². The van der Waals surface area contributed by atoms with Crippen LogP contribution in [-0.4, -0.2) is 129 Å². The van der Waals surface area contributed by atoms with Gasteiger partial charge in [-0.25, -0.2) is 4.79 Å². The van der Waals surface area contributed by atoms with Gasteiger partial charge in [-0.2, -0.15) is 0 Å². The normalized spacial score (nSPS) is 12.3. The highest BCUT2D eigenvalue weighted by molar-refractivity contribution is 14.1. The van der Waals surface area contributed by atoms with Gasteiger partial charge in [-0.05, 0) is 22.3 Å². The van der Waals surface area contributed by atoms with Crippen molar-refractivity contribution in [3.05, 3.63) is 59.7 Å². The van der Waals surface area contributed by atoms with E-state index < -0.39 is 6.09 Å². The Morgan fingerprint density at radius 1 is 0.533 bits per heavy atom. The molecule has 0 heterocycles. The third-order valence-corrected chi connectivity index (χ3v) is 7.13. The zero-order chi connectivity index (χ0) is 31.6. The largest absolute Gasteiger partial charge is 0.449 e. The van der Waals surface area contributed by atoms with E-state index >= 15 is 0 Å². The Kier molecular flexibility index (Phi) is 21.1. The number of nitrogens with one attached hydrogen (secondary N) is 1. The first kappa shape index (κ1) is 37.6. The summed E-state index contributed by atoms with van der Waals surface area (Å²) in [6, 6.07) is 16.5. The van der Waals surface area contributed by atoms with Crippen LogP contribution in [0, 0.1) is 0 Å². The van der Waals surface area contributed by atoms with Gasteiger partial charge in [0.15, 0.2) is 0 Å². The lowest BCUT2D eigenvalue weighted by Gasteiger charge is -2.14. The Balaban J connectivity index is 1.01. The highest BCUT2D eigenvalue weighted by Gasteiger charge is 2.28. The molecule has 3 rings (SSSR count). The molecule has 1 aliphatic carbocycles. The summed E-state index contributed by atoms with van der Waals surface area (Å²) >= 11 is 2.28. The molecule has 12 heteroatoms. The molecule has 0 spiro atoms. The molecule has 0 unspecified atom stereocenters. The van der Waals surface area contributed by atoms with Crippen LogP contribution in [0.4, 0.5) is 4.79 Å². The molecular formula is C33H48INO10. The summed E-state index contributed by atoms with van der Waals surface area (Å²) in [7, 11) is 0. The number of carbonyl (C=O) groups is 1. The lowest BCUT2D eigenvalue weighted by Crippen LogP contribution is -2.29. The molecule has 1 aliphatic rings. The molecule has 2 aromatic carbocycles. The molecule has 0 radical (unpaired) electrons. The number of rotatable bonds is 28. The minimum absolute atomic E-state index is 0.0432. The average Bonchev–Trinajstić information content (AvgIpc) is 3.39. The summed E-state index contributed by atoms with van der Waals surface area (Å²) in [5.41, 5.74) is 4.79. The number of benzene rings is 2. The number of halogens is 1. The highest BCUT2D eigenvalue weighted by Crippen LogP contribution is 2.44. The fourth-order valence-corrected chi connectivity index (χ4v) is 4.88. The van der Waals surface area contributed by atoms with Crippen LogP contribution in [0.25, 0.3) is 11.1 Å². The van der Waals surface area contributed by atoms with Crippen LogP contribution in [-0.2, 0) is 42.6 Å².